The van der Waals surface area contributed by atoms with E-state index in [1.165, 1.54) is 0 Å². The van der Waals surface area contributed by atoms with E-state index in [0.29, 0.717) is 6.54 Å². The number of carboxylic acids is 1. The maximum atomic E-state index is 11.3. The highest BCUT2D eigenvalue weighted by molar-refractivity contribution is 9.10. The largest absolute Gasteiger partial charge is 0.480 e. The van der Waals surface area contributed by atoms with Crippen LogP contribution in [0.25, 0.3) is 5.52 Å². The van der Waals surface area contributed by atoms with Crippen molar-refractivity contribution < 1.29 is 9.90 Å². The molecule has 0 bridgehead atoms. The van der Waals surface area contributed by atoms with Crippen LogP contribution in [0.1, 0.15) is 24.8 Å². The summed E-state index contributed by atoms with van der Waals surface area (Å²) in [5, 5.41) is 9.31. The van der Waals surface area contributed by atoms with Crippen LogP contribution in [0.15, 0.2) is 35.1 Å². The molecule has 2 aromatic heterocycles. The van der Waals surface area contributed by atoms with E-state index in [1.54, 1.807) is 0 Å². The molecule has 5 heteroatoms. The lowest BCUT2D eigenvalue weighted by Crippen LogP contribution is -2.43. The third-order valence-corrected chi connectivity index (χ3v) is 4.35. The summed E-state index contributed by atoms with van der Waals surface area (Å²) in [6.07, 6.45) is 6.89. The second-order valence-corrected chi connectivity index (χ2v) is 6.26. The predicted molar refractivity (Wildman–Crippen MR) is 80.8 cm³/mol. The van der Waals surface area contributed by atoms with E-state index in [1.807, 2.05) is 12.4 Å². The average molecular weight is 337 g/mol. The topological polar surface area (TPSA) is 45.0 Å². The minimum atomic E-state index is -0.698. The lowest BCUT2D eigenvalue weighted by molar-refractivity contribution is -0.144. The number of piperidine rings is 1. The summed E-state index contributed by atoms with van der Waals surface area (Å²) in [6.45, 7) is 1.57. The van der Waals surface area contributed by atoms with Gasteiger partial charge in [0.05, 0.1) is 0 Å². The van der Waals surface area contributed by atoms with Crippen LogP contribution in [0.3, 0.4) is 0 Å². The molecule has 0 aromatic carbocycles. The Morgan fingerprint density at radius 1 is 1.40 bits per heavy atom. The number of aliphatic carboxylic acids is 1. The van der Waals surface area contributed by atoms with Crippen molar-refractivity contribution in [3.8, 4) is 0 Å². The van der Waals surface area contributed by atoms with Crippen molar-refractivity contribution in [3.63, 3.8) is 0 Å². The van der Waals surface area contributed by atoms with Crippen LogP contribution in [0.2, 0.25) is 0 Å². The van der Waals surface area contributed by atoms with E-state index < -0.39 is 5.97 Å². The first-order valence-electron chi connectivity index (χ1n) is 6.86. The van der Waals surface area contributed by atoms with E-state index in [2.05, 4.69) is 43.4 Å². The van der Waals surface area contributed by atoms with Crippen LogP contribution >= 0.6 is 15.9 Å². The Kier molecular flexibility index (Phi) is 3.81. The lowest BCUT2D eigenvalue weighted by atomic mass is 10.0. The summed E-state index contributed by atoms with van der Waals surface area (Å²) in [6, 6.07) is 5.91. The van der Waals surface area contributed by atoms with Crippen LogP contribution in [0, 0.1) is 0 Å². The average Bonchev–Trinajstić information content (AvgIpc) is 2.78. The van der Waals surface area contributed by atoms with Crippen molar-refractivity contribution >= 4 is 27.4 Å². The molecule has 3 rings (SSSR count). The molecule has 3 heterocycles. The van der Waals surface area contributed by atoms with Gasteiger partial charge in [0.15, 0.2) is 0 Å². The normalized spacial score (nSPS) is 20.4. The Labute approximate surface area is 126 Å². The number of carboxylic acid groups (broad SMARTS) is 1. The molecule has 1 N–H and O–H groups in total. The Morgan fingerprint density at radius 3 is 3.05 bits per heavy atom. The maximum Gasteiger partial charge on any atom is 0.320 e. The van der Waals surface area contributed by atoms with E-state index in [9.17, 15) is 9.90 Å². The number of rotatable bonds is 3. The molecule has 0 aliphatic carbocycles. The zero-order valence-corrected chi connectivity index (χ0v) is 12.7. The molecule has 1 aliphatic rings. The predicted octanol–water partition coefficient (Wildman–Crippen LogP) is 3.14. The molecule has 1 fully saturated rings. The van der Waals surface area contributed by atoms with Gasteiger partial charge in [0.1, 0.15) is 6.04 Å². The monoisotopic (exact) mass is 336 g/mol. The molecule has 1 aliphatic heterocycles. The van der Waals surface area contributed by atoms with Gasteiger partial charge in [-0.3, -0.25) is 9.69 Å². The first-order chi connectivity index (χ1) is 9.63. The molecular weight excluding hydrogens is 320 g/mol. The van der Waals surface area contributed by atoms with Gasteiger partial charge in [-0.25, -0.2) is 0 Å². The molecular formula is C15H17BrN2O2. The Morgan fingerprint density at radius 2 is 2.25 bits per heavy atom. The van der Waals surface area contributed by atoms with Gasteiger partial charge < -0.3 is 9.51 Å². The lowest BCUT2D eigenvalue weighted by Gasteiger charge is -2.32. The fourth-order valence-corrected chi connectivity index (χ4v) is 3.37. The summed E-state index contributed by atoms with van der Waals surface area (Å²) < 4.78 is 3.11. The van der Waals surface area contributed by atoms with Crippen LogP contribution < -0.4 is 0 Å². The van der Waals surface area contributed by atoms with Crippen molar-refractivity contribution in [3.05, 3.63) is 40.6 Å². The van der Waals surface area contributed by atoms with Gasteiger partial charge in [-0.05, 0) is 59.1 Å². The Bertz CT molecular complexity index is 638. The van der Waals surface area contributed by atoms with E-state index in [-0.39, 0.29) is 6.04 Å². The number of hydrogen-bond donors (Lipinski definition) is 1. The molecule has 0 unspecified atom stereocenters. The van der Waals surface area contributed by atoms with Gasteiger partial charge in [0.2, 0.25) is 0 Å². The Balaban J connectivity index is 1.82. The van der Waals surface area contributed by atoms with Crippen molar-refractivity contribution in [2.24, 2.45) is 0 Å². The SMILES string of the molecule is O=C(O)[C@@H]1CCCCN1Cc1ccn2cc(Br)cc2c1. The third-order valence-electron chi connectivity index (χ3n) is 3.91. The third kappa shape index (κ3) is 2.74. The van der Waals surface area contributed by atoms with Crippen LogP contribution in [0.5, 0.6) is 0 Å². The molecule has 0 amide bonds. The van der Waals surface area contributed by atoms with Gasteiger partial charge in [0, 0.05) is 28.9 Å². The van der Waals surface area contributed by atoms with E-state index >= 15 is 0 Å². The van der Waals surface area contributed by atoms with Gasteiger partial charge in [-0.1, -0.05) is 6.42 Å². The van der Waals surface area contributed by atoms with Crippen molar-refractivity contribution in [1.82, 2.24) is 9.30 Å². The van der Waals surface area contributed by atoms with Crippen molar-refractivity contribution in [2.45, 2.75) is 31.8 Å². The molecule has 0 radical (unpaired) electrons. The molecule has 106 valence electrons. The quantitative estimate of drug-likeness (QED) is 0.936. The van der Waals surface area contributed by atoms with E-state index in [0.717, 1.165) is 41.4 Å². The van der Waals surface area contributed by atoms with Gasteiger partial charge >= 0.3 is 5.97 Å². The first kappa shape index (κ1) is 13.6. The van der Waals surface area contributed by atoms with Crippen molar-refractivity contribution in [1.29, 1.82) is 0 Å². The molecule has 2 aromatic rings. The fourth-order valence-electron chi connectivity index (χ4n) is 2.91. The second kappa shape index (κ2) is 5.58. The number of likely N-dealkylation sites (tertiary alicyclic amines) is 1. The molecule has 0 saturated carbocycles. The highest BCUT2D eigenvalue weighted by atomic mass is 79.9. The standard InChI is InChI=1S/C15H17BrN2O2/c16-12-8-13-7-11(4-6-17(13)10-12)9-18-5-2-1-3-14(18)15(19)20/h4,6-8,10,14H,1-3,5,9H2,(H,19,20)/t14-/m0/s1. The van der Waals surface area contributed by atoms with Gasteiger partial charge in [0.25, 0.3) is 0 Å². The summed E-state index contributed by atoms with van der Waals surface area (Å²) in [7, 11) is 0. The van der Waals surface area contributed by atoms with E-state index in [4.69, 9.17) is 0 Å². The zero-order chi connectivity index (χ0) is 14.1. The maximum absolute atomic E-state index is 11.3. The number of halogens is 1. The number of hydrogen-bond acceptors (Lipinski definition) is 2. The molecule has 1 atom stereocenters. The van der Waals surface area contributed by atoms with Gasteiger partial charge in [-0.2, -0.15) is 0 Å². The molecule has 1 saturated heterocycles. The van der Waals surface area contributed by atoms with Gasteiger partial charge in [-0.15, -0.1) is 0 Å². The van der Waals surface area contributed by atoms with Crippen LogP contribution in [-0.4, -0.2) is 33.0 Å². The molecule has 0 spiro atoms. The summed E-state index contributed by atoms with van der Waals surface area (Å²) in [5.74, 6) is -0.698. The molecule has 20 heavy (non-hydrogen) atoms. The second-order valence-electron chi connectivity index (χ2n) is 5.35. The summed E-state index contributed by atoms with van der Waals surface area (Å²) in [5.41, 5.74) is 2.29. The number of aromatic nitrogens is 1. The summed E-state index contributed by atoms with van der Waals surface area (Å²) in [4.78, 5) is 13.4. The highest BCUT2D eigenvalue weighted by Crippen LogP contribution is 2.22. The Hall–Kier alpha value is -1.33. The first-order valence-corrected chi connectivity index (χ1v) is 7.66. The molecule has 4 nitrogen and oxygen atoms in total. The number of carbonyl (C=O) groups is 1. The zero-order valence-electron chi connectivity index (χ0n) is 11.1. The fraction of sp³-hybridized carbons (Fsp3) is 0.400. The van der Waals surface area contributed by atoms with Crippen molar-refractivity contribution in [2.75, 3.05) is 6.54 Å². The number of nitrogens with zero attached hydrogens (tertiary/aromatic N) is 2. The summed E-state index contributed by atoms with van der Waals surface area (Å²) >= 11 is 3.47. The highest BCUT2D eigenvalue weighted by Gasteiger charge is 2.28. The van der Waals surface area contributed by atoms with Crippen LogP contribution in [0.4, 0.5) is 0 Å². The number of pyridine rings is 1. The minimum Gasteiger partial charge on any atom is -0.480 e. The minimum absolute atomic E-state index is 0.335. The van der Waals surface area contributed by atoms with Crippen LogP contribution in [-0.2, 0) is 11.3 Å². The smallest absolute Gasteiger partial charge is 0.320 e. The number of fused-ring (bicyclic) bond motifs is 1.